The first-order valence-corrected chi connectivity index (χ1v) is 11.6. The molecule has 4 N–H and O–H groups in total. The van der Waals surface area contributed by atoms with E-state index < -0.39 is 35.9 Å². The van der Waals surface area contributed by atoms with Gasteiger partial charge in [-0.25, -0.2) is 4.79 Å². The van der Waals surface area contributed by atoms with Crippen molar-refractivity contribution >= 4 is 36.3 Å². The van der Waals surface area contributed by atoms with Crippen LogP contribution in [0, 0.1) is 0 Å². The Morgan fingerprint density at radius 2 is 1.84 bits per heavy atom. The van der Waals surface area contributed by atoms with Gasteiger partial charge >= 0.3 is 5.97 Å². The highest BCUT2D eigenvalue weighted by Gasteiger charge is 2.38. The van der Waals surface area contributed by atoms with E-state index in [1.54, 1.807) is 0 Å². The summed E-state index contributed by atoms with van der Waals surface area (Å²) in [6, 6.07) is 6.20. The van der Waals surface area contributed by atoms with Gasteiger partial charge in [0.05, 0.1) is 6.04 Å². The molecule has 2 aliphatic heterocycles. The van der Waals surface area contributed by atoms with Crippen molar-refractivity contribution in [2.24, 2.45) is 0 Å². The van der Waals surface area contributed by atoms with E-state index in [1.807, 2.05) is 30.3 Å². The monoisotopic (exact) mass is 462 g/mol. The van der Waals surface area contributed by atoms with Gasteiger partial charge in [0.2, 0.25) is 17.7 Å². The van der Waals surface area contributed by atoms with Crippen LogP contribution in [0.5, 0.6) is 0 Å². The van der Waals surface area contributed by atoms with E-state index in [4.69, 9.17) is 0 Å². The molecule has 1 aromatic carbocycles. The Kier molecular flexibility index (Phi) is 8.52. The van der Waals surface area contributed by atoms with E-state index in [0.717, 1.165) is 18.5 Å². The van der Waals surface area contributed by atoms with Crippen molar-refractivity contribution < 1.29 is 24.3 Å². The van der Waals surface area contributed by atoms with E-state index in [1.165, 1.54) is 4.90 Å². The van der Waals surface area contributed by atoms with Gasteiger partial charge in [-0.1, -0.05) is 30.3 Å². The Labute approximate surface area is 192 Å². The minimum absolute atomic E-state index is 0.0175. The smallest absolute Gasteiger partial charge is 0.326 e. The van der Waals surface area contributed by atoms with Crippen LogP contribution in [0.4, 0.5) is 0 Å². The van der Waals surface area contributed by atoms with Crippen LogP contribution in [0.25, 0.3) is 0 Å². The van der Waals surface area contributed by atoms with Crippen molar-refractivity contribution in [2.45, 2.75) is 56.3 Å². The standard InChI is InChI=1S/C22H30N4O5S/c27-19(15-8-4-10-23-15)24-16(12-14-6-2-1-3-7-14)20(28)25-17(13-32)21(29)26-11-5-9-18(26)22(30)31/h1-3,6-7,15-18,23,32H,4-5,8-13H2,(H,24,27)(H,25,28)(H,30,31). The first-order chi connectivity index (χ1) is 15.4. The van der Waals surface area contributed by atoms with Crippen molar-refractivity contribution in [3.63, 3.8) is 0 Å². The number of rotatable bonds is 9. The third-order valence-electron chi connectivity index (χ3n) is 5.91. The normalized spacial score (nSPS) is 22.2. The van der Waals surface area contributed by atoms with Crippen LogP contribution in [0.3, 0.4) is 0 Å². The number of aliphatic carboxylic acids is 1. The number of amides is 3. The molecule has 0 aromatic heterocycles. The number of carbonyl (C=O) groups is 4. The van der Waals surface area contributed by atoms with Gasteiger partial charge in [-0.15, -0.1) is 0 Å². The zero-order chi connectivity index (χ0) is 23.1. The molecule has 3 amide bonds. The number of carboxylic acids is 1. The maximum absolute atomic E-state index is 13.1. The Morgan fingerprint density at radius 1 is 1.09 bits per heavy atom. The number of thiol groups is 1. The summed E-state index contributed by atoms with van der Waals surface area (Å²) in [4.78, 5) is 51.5. The number of nitrogens with zero attached hydrogens (tertiary/aromatic N) is 1. The molecule has 2 aliphatic rings. The molecule has 0 bridgehead atoms. The van der Waals surface area contributed by atoms with Crippen LogP contribution in [-0.2, 0) is 25.6 Å². The van der Waals surface area contributed by atoms with Gasteiger partial charge in [0, 0.05) is 18.7 Å². The third-order valence-corrected chi connectivity index (χ3v) is 6.28. The highest BCUT2D eigenvalue weighted by Crippen LogP contribution is 2.19. The van der Waals surface area contributed by atoms with Gasteiger partial charge in [-0.2, -0.15) is 12.6 Å². The fraction of sp³-hybridized carbons (Fsp3) is 0.545. The Morgan fingerprint density at radius 3 is 2.47 bits per heavy atom. The fourth-order valence-electron chi connectivity index (χ4n) is 4.18. The van der Waals surface area contributed by atoms with Crippen LogP contribution in [0.1, 0.15) is 31.2 Å². The Bertz CT molecular complexity index is 831. The molecule has 3 rings (SSSR count). The molecule has 9 nitrogen and oxygen atoms in total. The molecule has 174 valence electrons. The van der Waals surface area contributed by atoms with E-state index in [0.29, 0.717) is 25.8 Å². The summed E-state index contributed by atoms with van der Waals surface area (Å²) in [6.45, 7) is 1.08. The second-order valence-electron chi connectivity index (χ2n) is 8.17. The van der Waals surface area contributed by atoms with Gasteiger partial charge in [0.25, 0.3) is 0 Å². The second-order valence-corrected chi connectivity index (χ2v) is 8.54. The molecule has 0 spiro atoms. The lowest BCUT2D eigenvalue weighted by molar-refractivity contribution is -0.149. The van der Waals surface area contributed by atoms with Crippen LogP contribution >= 0.6 is 12.6 Å². The largest absolute Gasteiger partial charge is 0.480 e. The molecule has 4 atom stereocenters. The highest BCUT2D eigenvalue weighted by molar-refractivity contribution is 7.80. The molecular formula is C22H30N4O5S. The van der Waals surface area contributed by atoms with E-state index in [-0.39, 0.29) is 24.1 Å². The summed E-state index contributed by atoms with van der Waals surface area (Å²) in [6.07, 6.45) is 2.84. The van der Waals surface area contributed by atoms with Crippen molar-refractivity contribution in [3.05, 3.63) is 35.9 Å². The lowest BCUT2D eigenvalue weighted by Crippen LogP contribution is -2.58. The number of likely N-dealkylation sites (tertiary alicyclic amines) is 1. The van der Waals surface area contributed by atoms with Crippen molar-refractivity contribution in [1.82, 2.24) is 20.9 Å². The third kappa shape index (κ3) is 6.01. The zero-order valence-corrected chi connectivity index (χ0v) is 18.7. The molecule has 0 saturated carbocycles. The maximum Gasteiger partial charge on any atom is 0.326 e. The number of carbonyl (C=O) groups excluding carboxylic acids is 3. The lowest BCUT2D eigenvalue weighted by Gasteiger charge is -2.28. The van der Waals surface area contributed by atoms with Crippen LogP contribution in [0.2, 0.25) is 0 Å². The first kappa shape index (κ1) is 24.1. The average molecular weight is 463 g/mol. The number of benzene rings is 1. The zero-order valence-electron chi connectivity index (χ0n) is 17.8. The van der Waals surface area contributed by atoms with Gasteiger partial charge in [0.1, 0.15) is 18.1 Å². The molecule has 2 fully saturated rings. The predicted octanol–water partition coefficient (Wildman–Crippen LogP) is -0.0439. The van der Waals surface area contributed by atoms with Gasteiger partial charge in [-0.05, 0) is 37.8 Å². The quantitative estimate of drug-likeness (QED) is 0.328. The number of hydrogen-bond donors (Lipinski definition) is 5. The number of nitrogens with one attached hydrogen (secondary N) is 3. The SMILES string of the molecule is O=C(NC(Cc1ccccc1)C(=O)NC(CS)C(=O)N1CCCC1C(=O)O)C1CCCN1. The Balaban J connectivity index is 1.71. The van der Waals surface area contributed by atoms with Crippen molar-refractivity contribution in [3.8, 4) is 0 Å². The molecular weight excluding hydrogens is 432 g/mol. The van der Waals surface area contributed by atoms with Gasteiger partial charge in [0.15, 0.2) is 0 Å². The summed E-state index contributed by atoms with van der Waals surface area (Å²) >= 11 is 4.21. The van der Waals surface area contributed by atoms with E-state index in [9.17, 15) is 24.3 Å². The molecule has 10 heteroatoms. The van der Waals surface area contributed by atoms with E-state index in [2.05, 4.69) is 28.6 Å². The van der Waals surface area contributed by atoms with Gasteiger partial charge in [-0.3, -0.25) is 14.4 Å². The second kappa shape index (κ2) is 11.3. The molecule has 1 aromatic rings. The lowest BCUT2D eigenvalue weighted by atomic mass is 10.0. The molecule has 2 saturated heterocycles. The molecule has 32 heavy (non-hydrogen) atoms. The molecule has 0 aliphatic carbocycles. The van der Waals surface area contributed by atoms with E-state index >= 15 is 0 Å². The molecule has 4 unspecified atom stereocenters. The minimum atomic E-state index is -1.06. The molecule has 2 heterocycles. The van der Waals surface area contributed by atoms with Gasteiger partial charge < -0.3 is 26.0 Å². The van der Waals surface area contributed by atoms with Crippen LogP contribution in [-0.4, -0.2) is 76.7 Å². The molecule has 0 radical (unpaired) electrons. The maximum atomic E-state index is 13.1. The van der Waals surface area contributed by atoms with Crippen molar-refractivity contribution in [1.29, 1.82) is 0 Å². The summed E-state index contributed by atoms with van der Waals surface area (Å²) in [7, 11) is 0. The van der Waals surface area contributed by atoms with Crippen LogP contribution in [0.15, 0.2) is 30.3 Å². The summed E-state index contributed by atoms with van der Waals surface area (Å²) in [5.74, 6) is -2.26. The highest BCUT2D eigenvalue weighted by atomic mass is 32.1. The summed E-state index contributed by atoms with van der Waals surface area (Å²) in [5.41, 5.74) is 0.867. The first-order valence-electron chi connectivity index (χ1n) is 10.9. The fourth-order valence-corrected chi connectivity index (χ4v) is 4.43. The minimum Gasteiger partial charge on any atom is -0.480 e. The van der Waals surface area contributed by atoms with Crippen molar-refractivity contribution in [2.75, 3.05) is 18.8 Å². The predicted molar refractivity (Wildman–Crippen MR) is 121 cm³/mol. The summed E-state index contributed by atoms with van der Waals surface area (Å²) < 4.78 is 0. The van der Waals surface area contributed by atoms with Crippen LogP contribution < -0.4 is 16.0 Å². The Hall–Kier alpha value is -2.59. The summed E-state index contributed by atoms with van der Waals surface area (Å²) in [5, 5.41) is 18.0. The average Bonchev–Trinajstić information content (AvgIpc) is 3.49. The number of hydrogen-bond acceptors (Lipinski definition) is 6. The topological polar surface area (TPSA) is 128 Å². The number of carboxylic acid groups (broad SMARTS) is 1.